The van der Waals surface area contributed by atoms with E-state index in [4.69, 9.17) is 4.74 Å². The first kappa shape index (κ1) is 24.5. The molecule has 1 saturated heterocycles. The molecule has 2 aromatic rings. The van der Waals surface area contributed by atoms with E-state index in [0.29, 0.717) is 48.8 Å². The van der Waals surface area contributed by atoms with Gasteiger partial charge in [0, 0.05) is 42.3 Å². The van der Waals surface area contributed by atoms with Crippen molar-refractivity contribution < 1.29 is 19.1 Å². The quantitative estimate of drug-likeness (QED) is 0.566. The fraction of sp³-hybridized carbons (Fsp3) is 0.480. The van der Waals surface area contributed by atoms with Crippen LogP contribution in [0.4, 0.5) is 11.4 Å². The molecule has 8 nitrogen and oxygen atoms in total. The second-order valence-electron chi connectivity index (χ2n) is 8.30. The van der Waals surface area contributed by atoms with Crippen molar-refractivity contribution in [2.24, 2.45) is 0 Å². The lowest BCUT2D eigenvalue weighted by Gasteiger charge is -2.29. The van der Waals surface area contributed by atoms with Gasteiger partial charge in [-0.25, -0.2) is 0 Å². The first-order valence-corrected chi connectivity index (χ1v) is 11.6. The van der Waals surface area contributed by atoms with Crippen molar-refractivity contribution in [1.29, 1.82) is 0 Å². The average molecular weight is 455 g/mol. The maximum Gasteiger partial charge on any atom is 0.271 e. The third kappa shape index (κ3) is 5.82. The molecular formula is C25H34N4O4. The molecule has 2 amide bonds. The number of hydrogen-bond donors (Lipinski definition) is 2. The number of anilines is 2. The van der Waals surface area contributed by atoms with E-state index < -0.39 is 0 Å². The Labute approximate surface area is 195 Å². The Balaban J connectivity index is 1.68. The summed E-state index contributed by atoms with van der Waals surface area (Å²) in [5.41, 5.74) is 4.20. The number of ketones is 1. The molecule has 1 aromatic carbocycles. The van der Waals surface area contributed by atoms with Crippen molar-refractivity contribution in [3.63, 3.8) is 0 Å². The summed E-state index contributed by atoms with van der Waals surface area (Å²) in [4.78, 5) is 44.9. The highest BCUT2D eigenvalue weighted by molar-refractivity contribution is 6.04. The Morgan fingerprint density at radius 3 is 2.36 bits per heavy atom. The van der Waals surface area contributed by atoms with E-state index in [-0.39, 0.29) is 24.1 Å². The maximum atomic E-state index is 13.3. The lowest BCUT2D eigenvalue weighted by Crippen LogP contribution is -2.38. The Morgan fingerprint density at radius 1 is 1.12 bits per heavy atom. The molecule has 33 heavy (non-hydrogen) atoms. The summed E-state index contributed by atoms with van der Waals surface area (Å²) in [7, 11) is 0. The van der Waals surface area contributed by atoms with Crippen molar-refractivity contribution in [1.82, 2.24) is 9.88 Å². The number of nitrogens with zero attached hydrogens (tertiary/aromatic N) is 2. The Morgan fingerprint density at radius 2 is 1.79 bits per heavy atom. The summed E-state index contributed by atoms with van der Waals surface area (Å²) >= 11 is 0. The maximum absolute atomic E-state index is 13.3. The second-order valence-corrected chi connectivity index (χ2v) is 8.30. The van der Waals surface area contributed by atoms with Crippen molar-refractivity contribution >= 4 is 29.0 Å². The number of morpholine rings is 1. The molecule has 1 aromatic heterocycles. The number of hydrogen-bond acceptors (Lipinski definition) is 5. The molecule has 2 heterocycles. The predicted molar refractivity (Wildman–Crippen MR) is 129 cm³/mol. The van der Waals surface area contributed by atoms with E-state index in [1.807, 2.05) is 38.1 Å². The van der Waals surface area contributed by atoms with Gasteiger partial charge in [0.1, 0.15) is 12.2 Å². The summed E-state index contributed by atoms with van der Waals surface area (Å²) in [5, 5.41) is 2.88. The highest BCUT2D eigenvalue weighted by atomic mass is 16.5. The van der Waals surface area contributed by atoms with Crippen molar-refractivity contribution in [2.75, 3.05) is 49.6 Å². The number of nitrogens with one attached hydrogen (secondary N) is 2. The standard InChI is InChI=1S/C25H34N4O4/c1-5-7-21-23(18(4)30)17(3)26-24(21)25(32)28(6-2)16-22(31)27-19-8-10-20(11-9-19)29-12-14-33-15-13-29/h8-11,26H,5-7,12-16H2,1-4H3,(H,27,31). The number of carbonyl (C=O) groups excluding carboxylic acids is 3. The molecule has 0 bridgehead atoms. The van der Waals surface area contributed by atoms with Crippen LogP contribution in [0.2, 0.25) is 0 Å². The van der Waals surface area contributed by atoms with Gasteiger partial charge in [-0.2, -0.15) is 0 Å². The Bertz CT molecular complexity index is 991. The summed E-state index contributed by atoms with van der Waals surface area (Å²) < 4.78 is 5.39. The number of benzene rings is 1. The van der Waals surface area contributed by atoms with Crippen LogP contribution in [0.1, 0.15) is 59.3 Å². The second kappa shape index (κ2) is 11.1. The fourth-order valence-corrected chi connectivity index (χ4v) is 4.27. The molecule has 1 aliphatic rings. The van der Waals surface area contributed by atoms with Crippen LogP contribution >= 0.6 is 0 Å². The lowest BCUT2D eigenvalue weighted by atomic mass is 10.0. The smallest absolute Gasteiger partial charge is 0.271 e. The van der Waals surface area contributed by atoms with E-state index in [1.54, 1.807) is 6.92 Å². The van der Waals surface area contributed by atoms with Crippen molar-refractivity contribution in [3.05, 3.63) is 46.8 Å². The molecule has 1 aliphatic heterocycles. The van der Waals surface area contributed by atoms with Crippen LogP contribution in [0.3, 0.4) is 0 Å². The minimum atomic E-state index is -0.269. The van der Waals surface area contributed by atoms with Gasteiger partial charge in [0.25, 0.3) is 5.91 Å². The number of aromatic amines is 1. The van der Waals surface area contributed by atoms with Crippen LogP contribution in [0.15, 0.2) is 24.3 Å². The summed E-state index contributed by atoms with van der Waals surface area (Å²) in [6.07, 6.45) is 1.44. The summed E-state index contributed by atoms with van der Waals surface area (Å²) in [6, 6.07) is 7.69. The minimum Gasteiger partial charge on any atom is -0.378 e. The summed E-state index contributed by atoms with van der Waals surface area (Å²) in [5.74, 6) is -0.599. The van der Waals surface area contributed by atoms with Gasteiger partial charge in [-0.15, -0.1) is 0 Å². The zero-order valence-corrected chi connectivity index (χ0v) is 20.0. The lowest BCUT2D eigenvalue weighted by molar-refractivity contribution is -0.116. The molecule has 0 aliphatic carbocycles. The van der Waals surface area contributed by atoms with Gasteiger partial charge in [0.05, 0.1) is 13.2 Å². The van der Waals surface area contributed by atoms with Crippen molar-refractivity contribution in [2.45, 2.75) is 40.5 Å². The van der Waals surface area contributed by atoms with E-state index in [2.05, 4.69) is 15.2 Å². The van der Waals surface area contributed by atoms with Crippen LogP contribution in [0, 0.1) is 6.92 Å². The Hall–Kier alpha value is -3.13. The zero-order valence-electron chi connectivity index (χ0n) is 20.0. The van der Waals surface area contributed by atoms with Crippen LogP contribution in [-0.4, -0.2) is 66.9 Å². The summed E-state index contributed by atoms with van der Waals surface area (Å²) in [6.45, 7) is 10.6. The number of aromatic nitrogens is 1. The fourth-order valence-electron chi connectivity index (χ4n) is 4.27. The van der Waals surface area contributed by atoms with Gasteiger partial charge in [0.2, 0.25) is 5.91 Å². The SMILES string of the molecule is CCCc1c(C(=O)N(CC)CC(=O)Nc2ccc(N3CCOCC3)cc2)[nH]c(C)c1C(C)=O. The van der Waals surface area contributed by atoms with Crippen LogP contribution in [0.5, 0.6) is 0 Å². The predicted octanol–water partition coefficient (Wildman–Crippen LogP) is 3.42. The number of carbonyl (C=O) groups is 3. The average Bonchev–Trinajstić information content (AvgIpc) is 3.14. The number of likely N-dealkylation sites (N-methyl/N-ethyl adjacent to an activating group) is 1. The minimum absolute atomic E-state index is 0.0624. The van der Waals surface area contributed by atoms with Crippen LogP contribution < -0.4 is 10.2 Å². The van der Waals surface area contributed by atoms with Crippen LogP contribution in [0.25, 0.3) is 0 Å². The van der Waals surface area contributed by atoms with E-state index in [1.165, 1.54) is 11.8 Å². The van der Waals surface area contributed by atoms with Gasteiger partial charge < -0.3 is 24.8 Å². The molecule has 0 spiro atoms. The number of ether oxygens (including phenoxy) is 1. The molecule has 2 N–H and O–H groups in total. The molecule has 0 atom stereocenters. The molecule has 8 heteroatoms. The molecular weight excluding hydrogens is 420 g/mol. The molecule has 3 rings (SSSR count). The van der Waals surface area contributed by atoms with Gasteiger partial charge in [-0.3, -0.25) is 14.4 Å². The van der Waals surface area contributed by atoms with Crippen molar-refractivity contribution in [3.8, 4) is 0 Å². The normalized spacial score (nSPS) is 13.6. The Kier molecular flexibility index (Phi) is 8.27. The van der Waals surface area contributed by atoms with Gasteiger partial charge in [-0.05, 0) is 57.0 Å². The molecule has 0 radical (unpaired) electrons. The highest BCUT2D eigenvalue weighted by Crippen LogP contribution is 2.23. The van der Waals surface area contributed by atoms with Crippen LogP contribution in [-0.2, 0) is 16.0 Å². The number of aryl methyl sites for hydroxylation is 1. The largest absolute Gasteiger partial charge is 0.378 e. The zero-order chi connectivity index (χ0) is 24.0. The van der Waals surface area contributed by atoms with E-state index >= 15 is 0 Å². The number of rotatable bonds is 9. The first-order chi connectivity index (χ1) is 15.8. The van der Waals surface area contributed by atoms with Gasteiger partial charge in [0.15, 0.2) is 5.78 Å². The molecule has 0 unspecified atom stereocenters. The topological polar surface area (TPSA) is 94.7 Å². The number of H-pyrrole nitrogens is 1. The first-order valence-electron chi connectivity index (χ1n) is 11.6. The van der Waals surface area contributed by atoms with E-state index in [0.717, 1.165) is 30.8 Å². The number of amides is 2. The monoisotopic (exact) mass is 454 g/mol. The molecule has 178 valence electrons. The van der Waals surface area contributed by atoms with Gasteiger partial charge in [-0.1, -0.05) is 13.3 Å². The third-order valence-electron chi connectivity index (χ3n) is 5.89. The highest BCUT2D eigenvalue weighted by Gasteiger charge is 2.26. The third-order valence-corrected chi connectivity index (χ3v) is 5.89. The number of Topliss-reactive ketones (excluding diaryl/α,β-unsaturated/α-hetero) is 1. The van der Waals surface area contributed by atoms with E-state index in [9.17, 15) is 14.4 Å². The molecule has 1 fully saturated rings. The van der Waals surface area contributed by atoms with Gasteiger partial charge >= 0.3 is 0 Å². The molecule has 0 saturated carbocycles.